The summed E-state index contributed by atoms with van der Waals surface area (Å²) in [4.78, 5) is 0. The molecule has 0 saturated heterocycles. The Hall–Kier alpha value is 1.19. The lowest BCUT2D eigenvalue weighted by Crippen LogP contribution is -2.55. The minimum absolute atomic E-state index is 0.412. The van der Waals surface area contributed by atoms with Crippen LogP contribution in [0.2, 0.25) is 107 Å². The van der Waals surface area contributed by atoms with E-state index in [-0.39, 0.29) is 0 Å². The van der Waals surface area contributed by atoms with Crippen molar-refractivity contribution < 1.29 is 26.4 Å². The molecule has 0 aliphatic carbocycles. The molecule has 0 atom stereocenters. The van der Waals surface area contributed by atoms with Crippen LogP contribution in [0.25, 0.3) is 0 Å². The van der Waals surface area contributed by atoms with Crippen molar-refractivity contribution in [3.05, 3.63) is 0 Å². The second kappa shape index (κ2) is 21.1. The van der Waals surface area contributed by atoms with E-state index in [9.17, 15) is 0 Å². The van der Waals surface area contributed by atoms with E-state index in [1.807, 2.05) is 0 Å². The molecule has 0 aromatic carbocycles. The Labute approximate surface area is 265 Å². The van der Waals surface area contributed by atoms with Crippen LogP contribution in [0.3, 0.4) is 0 Å². The molecule has 0 heterocycles. The molecule has 0 amide bonds. The Morgan fingerprint density at radius 2 is 0.659 bits per heavy atom. The SMILES string of the molecule is CC[Si](CC)(CC)OB(O[Si](CC)(CC)CC)O[Si](CC)(CC)CC.C[SiH](C)COB(O[Si](C)(C)C)O[Si](C)(C)C. The van der Waals surface area contributed by atoms with E-state index in [0.717, 1.165) is 60.6 Å². The Balaban J connectivity index is 0. The van der Waals surface area contributed by atoms with Gasteiger partial charge in [0.15, 0.2) is 41.6 Å². The van der Waals surface area contributed by atoms with E-state index < -0.39 is 65.0 Å². The highest BCUT2D eigenvalue weighted by Gasteiger charge is 2.45. The zero-order valence-corrected chi connectivity index (χ0v) is 36.9. The fourth-order valence-electron chi connectivity index (χ4n) is 4.63. The van der Waals surface area contributed by atoms with E-state index in [2.05, 4.69) is 115 Å². The number of hydrogen-bond acceptors (Lipinski definition) is 6. The number of hydrogen-bond donors (Lipinski definition) is 0. The summed E-state index contributed by atoms with van der Waals surface area (Å²) in [6.45, 7) is 38.0. The van der Waals surface area contributed by atoms with Gasteiger partial charge in [-0.2, -0.15) is 0 Å². The van der Waals surface area contributed by atoms with Crippen LogP contribution in [0.1, 0.15) is 62.3 Å². The molecule has 0 N–H and O–H groups in total. The van der Waals surface area contributed by atoms with Gasteiger partial charge in [-0.15, -0.1) is 0 Å². The lowest BCUT2D eigenvalue weighted by molar-refractivity contribution is 0.227. The lowest BCUT2D eigenvalue weighted by atomic mass is 10.3. The van der Waals surface area contributed by atoms with Gasteiger partial charge < -0.3 is 26.4 Å². The van der Waals surface area contributed by atoms with Crippen molar-refractivity contribution >= 4 is 65.0 Å². The Bertz CT molecular complexity index is 562. The maximum Gasteiger partial charge on any atom is 0.617 e. The molecule has 0 unspecified atom stereocenters. The smallest absolute Gasteiger partial charge is 0.429 e. The van der Waals surface area contributed by atoms with Crippen molar-refractivity contribution in [2.75, 3.05) is 6.23 Å². The zero-order chi connectivity index (χ0) is 32.5. The summed E-state index contributed by atoms with van der Waals surface area (Å²) in [5.74, 6) is 0. The van der Waals surface area contributed by atoms with Crippen molar-refractivity contribution in [3.8, 4) is 0 Å². The van der Waals surface area contributed by atoms with Gasteiger partial charge >= 0.3 is 14.6 Å². The summed E-state index contributed by atoms with van der Waals surface area (Å²) >= 11 is 0. The molecular formula is C27H72B2O6Si6. The van der Waals surface area contributed by atoms with Crippen LogP contribution < -0.4 is 0 Å². The van der Waals surface area contributed by atoms with Crippen molar-refractivity contribution in [2.45, 2.75) is 169 Å². The fraction of sp³-hybridized carbons (Fsp3) is 1.00. The largest absolute Gasteiger partial charge is 0.617 e. The third-order valence-electron chi connectivity index (χ3n) is 8.30. The van der Waals surface area contributed by atoms with Crippen molar-refractivity contribution in [1.82, 2.24) is 0 Å². The molecule has 6 nitrogen and oxygen atoms in total. The average molecular weight is 683 g/mol. The van der Waals surface area contributed by atoms with Crippen LogP contribution in [0.4, 0.5) is 0 Å². The maximum absolute atomic E-state index is 6.77. The van der Waals surface area contributed by atoms with Crippen molar-refractivity contribution in [1.29, 1.82) is 0 Å². The third kappa shape index (κ3) is 18.7. The van der Waals surface area contributed by atoms with Gasteiger partial charge in [0.25, 0.3) is 0 Å². The Morgan fingerprint density at radius 3 is 0.829 bits per heavy atom. The summed E-state index contributed by atoms with van der Waals surface area (Å²) in [7, 11) is -10.1. The lowest BCUT2D eigenvalue weighted by Gasteiger charge is -2.40. The Morgan fingerprint density at radius 1 is 0.415 bits per heavy atom. The first-order chi connectivity index (χ1) is 18.8. The van der Waals surface area contributed by atoms with Gasteiger partial charge in [0.1, 0.15) is 0 Å². The zero-order valence-electron chi connectivity index (χ0n) is 30.8. The predicted molar refractivity (Wildman–Crippen MR) is 200 cm³/mol. The second-order valence-corrected chi connectivity index (χ2v) is 40.1. The monoisotopic (exact) mass is 682 g/mol. The molecule has 0 radical (unpaired) electrons. The minimum Gasteiger partial charge on any atom is -0.429 e. The highest BCUT2D eigenvalue weighted by atomic mass is 28.4. The molecule has 14 heteroatoms. The first-order valence-corrected chi connectivity index (χ1v) is 34.4. The van der Waals surface area contributed by atoms with Gasteiger partial charge in [0.05, 0.1) is 8.80 Å². The Kier molecular flexibility index (Phi) is 22.8. The van der Waals surface area contributed by atoms with E-state index in [4.69, 9.17) is 26.4 Å². The molecule has 0 rings (SSSR count). The quantitative estimate of drug-likeness (QED) is 0.106. The van der Waals surface area contributed by atoms with Crippen LogP contribution in [0.5, 0.6) is 0 Å². The van der Waals surface area contributed by atoms with E-state index in [1.54, 1.807) is 0 Å². The van der Waals surface area contributed by atoms with Gasteiger partial charge in [-0.05, 0) is 93.7 Å². The van der Waals surface area contributed by atoms with E-state index in [0.29, 0.717) is 0 Å². The highest BCUT2D eigenvalue weighted by molar-refractivity contribution is 6.86. The molecular weight excluding hydrogens is 610 g/mol. The molecule has 0 bridgehead atoms. The van der Waals surface area contributed by atoms with Crippen LogP contribution in [-0.4, -0.2) is 71.3 Å². The van der Waals surface area contributed by atoms with Gasteiger partial charge in [-0.1, -0.05) is 75.4 Å². The maximum atomic E-state index is 6.77. The van der Waals surface area contributed by atoms with Gasteiger partial charge in [-0.3, -0.25) is 0 Å². The fourth-order valence-corrected chi connectivity index (χ4v) is 14.5. The molecule has 246 valence electrons. The molecule has 0 aromatic heterocycles. The highest BCUT2D eigenvalue weighted by Crippen LogP contribution is 2.31. The first-order valence-electron chi connectivity index (χ1n) is 16.8. The average Bonchev–Trinajstić information content (AvgIpc) is 2.90. The molecule has 0 spiro atoms. The predicted octanol–water partition coefficient (Wildman–Crippen LogP) is 9.75. The third-order valence-corrected chi connectivity index (χ3v) is 24.6. The van der Waals surface area contributed by atoms with Crippen molar-refractivity contribution in [2.24, 2.45) is 0 Å². The molecule has 0 fully saturated rings. The summed E-state index contributed by atoms with van der Waals surface area (Å²) in [6, 6.07) is 10.3. The van der Waals surface area contributed by atoms with E-state index in [1.165, 1.54) is 0 Å². The molecule has 0 aliphatic rings. The van der Waals surface area contributed by atoms with E-state index >= 15 is 0 Å². The van der Waals surface area contributed by atoms with Crippen LogP contribution in [0.15, 0.2) is 0 Å². The summed E-state index contributed by atoms with van der Waals surface area (Å²) in [5, 5.41) is 0. The number of rotatable bonds is 22. The summed E-state index contributed by atoms with van der Waals surface area (Å²) in [6.07, 6.45) is 0.819. The summed E-state index contributed by atoms with van der Waals surface area (Å²) < 4.78 is 37.9. The molecule has 0 aliphatic heterocycles. The normalized spacial score (nSPS) is 13.3. The van der Waals surface area contributed by atoms with Gasteiger partial charge in [0.2, 0.25) is 0 Å². The minimum atomic E-state index is -1.76. The van der Waals surface area contributed by atoms with Crippen LogP contribution in [0, 0.1) is 0 Å². The first kappa shape index (κ1) is 44.3. The standard InChI is InChI=1S/C18H45BO3Si3.C9H27BO3Si3/c1-10-23(11-2,12-3)20-19(21-24(13-4,14-5)15-6)22-25(16-7,17-8)18-9;1-14(2)9-11-10(12-15(3,4)5)13-16(6,7)8/h10-18H2,1-9H3;14H,9H2,1-8H3. The van der Waals surface area contributed by atoms with Gasteiger partial charge in [-0.25, -0.2) is 0 Å². The van der Waals surface area contributed by atoms with Crippen LogP contribution in [-0.2, 0) is 26.4 Å². The van der Waals surface area contributed by atoms with Gasteiger partial charge in [0, 0.05) is 6.23 Å². The summed E-state index contributed by atoms with van der Waals surface area (Å²) in [5.41, 5.74) is 0. The topological polar surface area (TPSA) is 55.4 Å². The van der Waals surface area contributed by atoms with Crippen molar-refractivity contribution in [3.63, 3.8) is 0 Å². The molecule has 0 aromatic rings. The van der Waals surface area contributed by atoms with Crippen LogP contribution >= 0.6 is 0 Å². The molecule has 41 heavy (non-hydrogen) atoms. The molecule has 0 saturated carbocycles. The second-order valence-electron chi connectivity index (χ2n) is 13.8.